The molecule has 2 heterocycles. The van der Waals surface area contributed by atoms with Crippen molar-refractivity contribution in [3.8, 4) is 11.4 Å². The molecule has 4 aromatic rings. The molecule has 9 heteroatoms. The lowest BCUT2D eigenvalue weighted by atomic mass is 10.0. The Kier molecular flexibility index (Phi) is 5.95. The van der Waals surface area contributed by atoms with E-state index in [1.807, 2.05) is 6.07 Å². The first-order valence-corrected chi connectivity index (χ1v) is 9.99. The van der Waals surface area contributed by atoms with Crippen LogP contribution in [-0.2, 0) is 6.18 Å². The van der Waals surface area contributed by atoms with Crippen LogP contribution in [0.1, 0.15) is 39.1 Å². The number of carbonyl (C=O) groups excluding carboxylic acids is 1. The van der Waals surface area contributed by atoms with Crippen molar-refractivity contribution in [1.82, 2.24) is 15.1 Å². The average Bonchev–Trinajstić information content (AvgIpc) is 3.47. The molecule has 1 amide bonds. The highest BCUT2D eigenvalue weighted by Crippen LogP contribution is 2.31. The minimum atomic E-state index is -4.48. The summed E-state index contributed by atoms with van der Waals surface area (Å²) in [5, 5.41) is 7.13. The number of benzene rings is 2. The van der Waals surface area contributed by atoms with Gasteiger partial charge >= 0.3 is 6.18 Å². The minimum Gasteiger partial charge on any atom is -0.497 e. The molecule has 33 heavy (non-hydrogen) atoms. The molecule has 4 rings (SSSR count). The Hall–Kier alpha value is -4.01. The molecule has 2 aromatic carbocycles. The summed E-state index contributed by atoms with van der Waals surface area (Å²) in [6.45, 7) is 1.66. The average molecular weight is 455 g/mol. The van der Waals surface area contributed by atoms with E-state index in [-0.39, 0.29) is 11.4 Å². The Morgan fingerprint density at radius 3 is 2.58 bits per heavy atom. The van der Waals surface area contributed by atoms with Crippen molar-refractivity contribution in [1.29, 1.82) is 0 Å². The maximum atomic E-state index is 13.1. The number of furan rings is 1. The topological polar surface area (TPSA) is 69.3 Å². The summed E-state index contributed by atoms with van der Waals surface area (Å²) in [4.78, 5) is 13.1. The zero-order chi connectivity index (χ0) is 23.6. The standard InChI is InChI=1S/C24H20F3N3O3/c1-15-12-20(29-30(15)18-8-4-7-17(14-18)24(25,26)27)23(31)28-22(21-10-5-11-33-21)16-6-3-9-19(13-16)32-2/h3-14,22H,1-2H3,(H,28,31). The second-order valence-corrected chi connectivity index (χ2v) is 7.33. The van der Waals surface area contributed by atoms with Gasteiger partial charge in [0.05, 0.1) is 24.6 Å². The van der Waals surface area contributed by atoms with Crippen molar-refractivity contribution in [2.75, 3.05) is 7.11 Å². The van der Waals surface area contributed by atoms with E-state index in [9.17, 15) is 18.0 Å². The number of carbonyl (C=O) groups is 1. The first-order chi connectivity index (χ1) is 15.8. The van der Waals surface area contributed by atoms with Crippen LogP contribution in [0.5, 0.6) is 5.75 Å². The van der Waals surface area contributed by atoms with E-state index in [4.69, 9.17) is 9.15 Å². The molecule has 170 valence electrons. The maximum absolute atomic E-state index is 13.1. The van der Waals surface area contributed by atoms with Crippen molar-refractivity contribution < 1.29 is 27.1 Å². The lowest BCUT2D eigenvalue weighted by Crippen LogP contribution is -2.29. The van der Waals surface area contributed by atoms with Crippen LogP contribution >= 0.6 is 0 Å². The van der Waals surface area contributed by atoms with Gasteiger partial charge in [-0.2, -0.15) is 18.3 Å². The second-order valence-electron chi connectivity index (χ2n) is 7.33. The smallest absolute Gasteiger partial charge is 0.416 e. The molecule has 6 nitrogen and oxygen atoms in total. The van der Waals surface area contributed by atoms with E-state index in [0.29, 0.717) is 17.2 Å². The van der Waals surface area contributed by atoms with Gasteiger partial charge in [0.1, 0.15) is 17.6 Å². The number of aryl methyl sites for hydroxylation is 1. The number of halogens is 3. The number of hydrogen-bond donors (Lipinski definition) is 1. The van der Waals surface area contributed by atoms with Crippen LogP contribution in [0.15, 0.2) is 77.4 Å². The van der Waals surface area contributed by atoms with E-state index in [1.54, 1.807) is 44.4 Å². The summed E-state index contributed by atoms with van der Waals surface area (Å²) >= 11 is 0. The van der Waals surface area contributed by atoms with E-state index < -0.39 is 23.7 Å². The summed E-state index contributed by atoms with van der Waals surface area (Å²) in [7, 11) is 1.54. The second kappa shape index (κ2) is 8.85. The van der Waals surface area contributed by atoms with Crippen molar-refractivity contribution >= 4 is 5.91 Å². The first kappa shape index (κ1) is 22.2. The summed E-state index contributed by atoms with van der Waals surface area (Å²) in [6, 6.07) is 16.3. The number of nitrogens with one attached hydrogen (secondary N) is 1. The third-order valence-corrected chi connectivity index (χ3v) is 5.07. The maximum Gasteiger partial charge on any atom is 0.416 e. The van der Waals surface area contributed by atoms with Crippen LogP contribution < -0.4 is 10.1 Å². The Labute approximate surface area is 187 Å². The fourth-order valence-electron chi connectivity index (χ4n) is 3.46. The molecule has 0 bridgehead atoms. The molecule has 0 aliphatic carbocycles. The molecule has 0 spiro atoms. The third kappa shape index (κ3) is 4.77. The molecule has 1 N–H and O–H groups in total. The Morgan fingerprint density at radius 2 is 1.88 bits per heavy atom. The number of amides is 1. The van der Waals surface area contributed by atoms with Crippen molar-refractivity contribution in [2.45, 2.75) is 19.1 Å². The SMILES string of the molecule is COc1cccc(C(NC(=O)c2cc(C)n(-c3cccc(C(F)(F)F)c3)n2)c2ccco2)c1. The van der Waals surface area contributed by atoms with Gasteiger partial charge in [0.15, 0.2) is 5.69 Å². The molecule has 2 aromatic heterocycles. The highest BCUT2D eigenvalue weighted by molar-refractivity contribution is 5.93. The van der Waals surface area contributed by atoms with Gasteiger partial charge in [-0.3, -0.25) is 4.79 Å². The molecule has 0 aliphatic rings. The van der Waals surface area contributed by atoms with Crippen LogP contribution in [0.3, 0.4) is 0 Å². The van der Waals surface area contributed by atoms with Gasteiger partial charge in [0.25, 0.3) is 5.91 Å². The highest BCUT2D eigenvalue weighted by Gasteiger charge is 2.31. The number of rotatable bonds is 6. The van der Waals surface area contributed by atoms with Gasteiger partial charge in [-0.1, -0.05) is 18.2 Å². The number of aromatic nitrogens is 2. The summed E-state index contributed by atoms with van der Waals surface area (Å²) in [6.07, 6.45) is -2.98. The van der Waals surface area contributed by atoms with E-state index in [0.717, 1.165) is 17.7 Å². The quantitative estimate of drug-likeness (QED) is 0.427. The molecule has 0 radical (unpaired) electrons. The van der Waals surface area contributed by atoms with Crippen LogP contribution in [0.4, 0.5) is 13.2 Å². The minimum absolute atomic E-state index is 0.0596. The summed E-state index contributed by atoms with van der Waals surface area (Å²) in [5.41, 5.74) is 0.708. The zero-order valence-corrected chi connectivity index (χ0v) is 17.8. The number of alkyl halides is 3. The van der Waals surface area contributed by atoms with E-state index in [2.05, 4.69) is 10.4 Å². The van der Waals surface area contributed by atoms with E-state index >= 15 is 0 Å². The highest BCUT2D eigenvalue weighted by atomic mass is 19.4. The van der Waals surface area contributed by atoms with Gasteiger partial charge in [0.2, 0.25) is 0 Å². The molecule has 1 unspecified atom stereocenters. The Morgan fingerprint density at radius 1 is 1.09 bits per heavy atom. The van der Waals surface area contributed by atoms with Gasteiger partial charge in [-0.15, -0.1) is 0 Å². The Bertz CT molecular complexity index is 1260. The van der Waals surface area contributed by atoms with Crippen molar-refractivity contribution in [3.05, 3.63) is 101 Å². The number of hydrogen-bond acceptors (Lipinski definition) is 4. The summed E-state index contributed by atoms with van der Waals surface area (Å²) < 4.78 is 51.4. The predicted molar refractivity (Wildman–Crippen MR) is 114 cm³/mol. The van der Waals surface area contributed by atoms with Gasteiger partial charge in [-0.05, 0) is 61.0 Å². The summed E-state index contributed by atoms with van der Waals surface area (Å²) in [5.74, 6) is 0.613. The van der Waals surface area contributed by atoms with Gasteiger partial charge in [-0.25, -0.2) is 4.68 Å². The van der Waals surface area contributed by atoms with Crippen LogP contribution in [0.2, 0.25) is 0 Å². The number of nitrogens with zero attached hydrogens (tertiary/aromatic N) is 2. The molecular formula is C24H20F3N3O3. The largest absolute Gasteiger partial charge is 0.497 e. The fraction of sp³-hybridized carbons (Fsp3) is 0.167. The van der Waals surface area contributed by atoms with Crippen molar-refractivity contribution in [2.24, 2.45) is 0 Å². The number of methoxy groups -OCH3 is 1. The van der Waals surface area contributed by atoms with Crippen molar-refractivity contribution in [3.63, 3.8) is 0 Å². The van der Waals surface area contributed by atoms with E-state index in [1.165, 1.54) is 29.1 Å². The molecule has 0 aliphatic heterocycles. The first-order valence-electron chi connectivity index (χ1n) is 9.99. The normalized spacial score (nSPS) is 12.4. The monoisotopic (exact) mass is 455 g/mol. The lowest BCUT2D eigenvalue weighted by molar-refractivity contribution is -0.137. The predicted octanol–water partition coefficient (Wildman–Crippen LogP) is 5.32. The van der Waals surface area contributed by atoms with Crippen LogP contribution in [0.25, 0.3) is 5.69 Å². The lowest BCUT2D eigenvalue weighted by Gasteiger charge is -2.17. The van der Waals surface area contributed by atoms with Crippen LogP contribution in [-0.4, -0.2) is 22.8 Å². The zero-order valence-electron chi connectivity index (χ0n) is 17.8. The van der Waals surface area contributed by atoms with Gasteiger partial charge < -0.3 is 14.5 Å². The van der Waals surface area contributed by atoms with Gasteiger partial charge in [0, 0.05) is 5.69 Å². The molecular weight excluding hydrogens is 435 g/mol. The Balaban J connectivity index is 1.64. The fourth-order valence-corrected chi connectivity index (χ4v) is 3.46. The number of ether oxygens (including phenoxy) is 1. The third-order valence-electron chi connectivity index (χ3n) is 5.07. The molecule has 0 fully saturated rings. The molecule has 0 saturated carbocycles. The molecule has 0 saturated heterocycles. The van der Waals surface area contributed by atoms with Crippen LogP contribution in [0, 0.1) is 6.92 Å². The molecule has 1 atom stereocenters.